The van der Waals surface area contributed by atoms with Gasteiger partial charge in [-0.1, -0.05) is 24.3 Å². The Morgan fingerprint density at radius 3 is 2.70 bits per heavy atom. The van der Waals surface area contributed by atoms with E-state index in [1.165, 1.54) is 12.1 Å². The van der Waals surface area contributed by atoms with Crippen molar-refractivity contribution in [1.82, 2.24) is 20.2 Å². The quantitative estimate of drug-likeness (QED) is 0.400. The molecule has 46 heavy (non-hydrogen) atoms. The number of nitrogens with two attached hydrogens (primary N) is 1. The van der Waals surface area contributed by atoms with Gasteiger partial charge in [-0.15, -0.1) is 0 Å². The monoisotopic (exact) mass is 628 g/mol. The molecule has 3 aromatic rings. The molecule has 12 heteroatoms. The van der Waals surface area contributed by atoms with Gasteiger partial charge in [0.25, 0.3) is 0 Å². The SMILES string of the molecule is COc1ccc2c(OC3CC4C(=O)NC5([C]=O)CC5/C=C/CCCCN(C(N)=O)C(=O)C4C3)nc(-c3cccc(F)c3)nc2c1C. The molecule has 239 valence electrons. The van der Waals surface area contributed by atoms with E-state index in [1.54, 1.807) is 31.4 Å². The minimum absolute atomic E-state index is 0.0950. The van der Waals surface area contributed by atoms with Gasteiger partial charge in [0.2, 0.25) is 24.0 Å². The van der Waals surface area contributed by atoms with Gasteiger partial charge in [0.05, 0.1) is 29.8 Å². The minimum Gasteiger partial charge on any atom is -0.496 e. The molecule has 5 atom stereocenters. The summed E-state index contributed by atoms with van der Waals surface area (Å²) in [4.78, 5) is 62.4. The van der Waals surface area contributed by atoms with Crippen molar-refractivity contribution in [3.63, 3.8) is 0 Å². The van der Waals surface area contributed by atoms with Crippen molar-refractivity contribution in [2.75, 3.05) is 13.7 Å². The highest BCUT2D eigenvalue weighted by molar-refractivity contribution is 5.98. The van der Waals surface area contributed by atoms with Gasteiger partial charge in [-0.2, -0.15) is 4.98 Å². The Hall–Kier alpha value is -4.87. The van der Waals surface area contributed by atoms with E-state index in [9.17, 15) is 23.6 Å². The number of benzene rings is 2. The number of halogens is 1. The van der Waals surface area contributed by atoms with Gasteiger partial charge in [0.15, 0.2) is 5.82 Å². The number of aromatic nitrogens is 2. The smallest absolute Gasteiger partial charge is 0.321 e. The summed E-state index contributed by atoms with van der Waals surface area (Å²) in [5.74, 6) is -2.51. The van der Waals surface area contributed by atoms with Crippen LogP contribution < -0.4 is 20.5 Å². The molecule has 11 nitrogen and oxygen atoms in total. The predicted molar refractivity (Wildman–Crippen MR) is 166 cm³/mol. The van der Waals surface area contributed by atoms with Crippen LogP contribution in [0.3, 0.4) is 0 Å². The molecular weight excluding hydrogens is 593 g/mol. The number of primary amides is 1. The molecule has 3 aliphatic rings. The van der Waals surface area contributed by atoms with E-state index < -0.39 is 47.1 Å². The van der Waals surface area contributed by atoms with Crippen LogP contribution in [0.15, 0.2) is 48.6 Å². The lowest BCUT2D eigenvalue weighted by Crippen LogP contribution is -2.49. The molecule has 0 spiro atoms. The highest BCUT2D eigenvalue weighted by Gasteiger charge is 2.57. The van der Waals surface area contributed by atoms with E-state index in [-0.39, 0.29) is 37.0 Å². The van der Waals surface area contributed by atoms with Gasteiger partial charge in [-0.05, 0) is 69.7 Å². The van der Waals surface area contributed by atoms with Gasteiger partial charge in [0, 0.05) is 23.6 Å². The molecule has 2 saturated carbocycles. The number of hydrogen-bond acceptors (Lipinski definition) is 8. The average molecular weight is 629 g/mol. The first-order valence-corrected chi connectivity index (χ1v) is 15.4. The maximum atomic E-state index is 14.2. The van der Waals surface area contributed by atoms with Crippen LogP contribution in [0.5, 0.6) is 11.6 Å². The number of carbonyl (C=O) groups is 3. The molecule has 3 N–H and O–H groups in total. The first kappa shape index (κ1) is 31.1. The fourth-order valence-electron chi connectivity index (χ4n) is 6.60. The Labute approximate surface area is 265 Å². The van der Waals surface area contributed by atoms with E-state index >= 15 is 0 Å². The second-order valence-corrected chi connectivity index (χ2v) is 12.2. The van der Waals surface area contributed by atoms with Crippen LogP contribution in [0, 0.1) is 30.5 Å². The van der Waals surface area contributed by atoms with Crippen LogP contribution in [0.1, 0.15) is 44.1 Å². The largest absolute Gasteiger partial charge is 0.496 e. The number of carbonyl (C=O) groups excluding carboxylic acids is 4. The zero-order valence-corrected chi connectivity index (χ0v) is 25.6. The molecule has 2 aliphatic carbocycles. The van der Waals surface area contributed by atoms with Crippen molar-refractivity contribution in [3.05, 3.63) is 59.9 Å². The second kappa shape index (κ2) is 12.5. The summed E-state index contributed by atoms with van der Waals surface area (Å²) in [7, 11) is 1.55. The van der Waals surface area contributed by atoms with Crippen LogP contribution in [0.25, 0.3) is 22.3 Å². The lowest BCUT2D eigenvalue weighted by atomic mass is 9.93. The first-order chi connectivity index (χ1) is 22.1. The number of imide groups is 1. The zero-order chi connectivity index (χ0) is 32.6. The fourth-order valence-corrected chi connectivity index (χ4v) is 6.60. The molecule has 0 saturated heterocycles. The summed E-state index contributed by atoms with van der Waals surface area (Å²) in [6.45, 7) is 1.97. The maximum Gasteiger partial charge on any atom is 0.321 e. The zero-order valence-electron chi connectivity index (χ0n) is 25.6. The number of amides is 4. The van der Waals surface area contributed by atoms with E-state index in [2.05, 4.69) is 10.3 Å². The molecule has 5 unspecified atom stereocenters. The lowest BCUT2D eigenvalue weighted by molar-refractivity contribution is -0.138. The van der Waals surface area contributed by atoms with Crippen LogP contribution in [0.2, 0.25) is 0 Å². The summed E-state index contributed by atoms with van der Waals surface area (Å²) >= 11 is 0. The van der Waals surface area contributed by atoms with Crippen LogP contribution in [-0.2, 0) is 14.4 Å². The third-order valence-corrected chi connectivity index (χ3v) is 9.24. The van der Waals surface area contributed by atoms with Crippen molar-refractivity contribution < 1.29 is 33.0 Å². The van der Waals surface area contributed by atoms with E-state index in [1.807, 2.05) is 25.4 Å². The molecule has 4 amide bonds. The molecule has 1 radical (unpaired) electrons. The third-order valence-electron chi connectivity index (χ3n) is 9.24. The maximum absolute atomic E-state index is 14.2. The normalized spacial score (nSPS) is 27.2. The van der Waals surface area contributed by atoms with Crippen molar-refractivity contribution >= 4 is 35.0 Å². The summed E-state index contributed by atoms with van der Waals surface area (Å²) in [6.07, 6.45) is 7.77. The molecule has 1 aliphatic heterocycles. The summed E-state index contributed by atoms with van der Waals surface area (Å²) < 4.78 is 26.2. The Morgan fingerprint density at radius 2 is 1.96 bits per heavy atom. The van der Waals surface area contributed by atoms with Gasteiger partial charge in [0.1, 0.15) is 23.2 Å². The van der Waals surface area contributed by atoms with E-state index in [0.717, 1.165) is 10.5 Å². The number of allylic oxidation sites excluding steroid dienone is 1. The van der Waals surface area contributed by atoms with Gasteiger partial charge >= 0.3 is 6.03 Å². The topological polar surface area (TPSA) is 154 Å². The average Bonchev–Trinajstić information content (AvgIpc) is 3.55. The lowest BCUT2D eigenvalue weighted by Gasteiger charge is -2.26. The predicted octanol–water partition coefficient (Wildman–Crippen LogP) is 4.16. The molecule has 2 aromatic carbocycles. The van der Waals surface area contributed by atoms with Crippen LogP contribution >= 0.6 is 0 Å². The second-order valence-electron chi connectivity index (χ2n) is 12.2. The number of rotatable bonds is 5. The number of aryl methyl sites for hydroxylation is 1. The van der Waals surface area contributed by atoms with Gasteiger partial charge in [-0.3, -0.25) is 19.3 Å². The molecule has 2 fully saturated rings. The number of hydrogen-bond donors (Lipinski definition) is 2. The number of fused-ring (bicyclic) bond motifs is 3. The Morgan fingerprint density at radius 1 is 1.15 bits per heavy atom. The van der Waals surface area contributed by atoms with Crippen molar-refractivity contribution in [2.24, 2.45) is 23.5 Å². The Balaban J connectivity index is 1.37. The fraction of sp³-hybridized carbons (Fsp3) is 0.412. The molecule has 1 aromatic heterocycles. The number of ether oxygens (including phenoxy) is 2. The van der Waals surface area contributed by atoms with Gasteiger partial charge in [-0.25, -0.2) is 14.2 Å². The molecule has 6 rings (SSSR count). The highest BCUT2D eigenvalue weighted by Crippen LogP contribution is 2.45. The van der Waals surface area contributed by atoms with Crippen molar-refractivity contribution in [2.45, 2.75) is 57.1 Å². The van der Waals surface area contributed by atoms with E-state index in [0.29, 0.717) is 47.9 Å². The van der Waals surface area contributed by atoms with Crippen molar-refractivity contribution in [1.29, 1.82) is 0 Å². The van der Waals surface area contributed by atoms with Crippen LogP contribution in [0.4, 0.5) is 9.18 Å². The number of methoxy groups -OCH3 is 1. The Bertz CT molecular complexity index is 1750. The number of nitrogens with one attached hydrogen (secondary N) is 1. The van der Waals surface area contributed by atoms with Crippen LogP contribution in [-0.4, -0.2) is 64.3 Å². The van der Waals surface area contributed by atoms with Crippen molar-refractivity contribution in [3.8, 4) is 23.0 Å². The standard InChI is InChI=1S/C34H35FN5O6/c1-19-27(45-2)12-11-24-28(19)37-29(20-8-7-10-22(35)14-20)38-31(24)46-23-15-25-26(16-23)32(43)40(33(36)44)13-6-4-3-5-9-21-17-34(21,18-41)39-30(25)42/h5,7-12,14,21,23,25-26H,3-4,6,13,15-17H2,1-2H3,(H2,36,44)(H,39,42)/b9-5+. The van der Waals surface area contributed by atoms with E-state index in [4.69, 9.17) is 20.2 Å². The highest BCUT2D eigenvalue weighted by atomic mass is 19.1. The first-order valence-electron chi connectivity index (χ1n) is 15.4. The molecular formula is C34H35FN5O6. The summed E-state index contributed by atoms with van der Waals surface area (Å²) in [6, 6.07) is 8.52. The number of nitrogens with zero attached hydrogens (tertiary/aromatic N) is 3. The summed E-state index contributed by atoms with van der Waals surface area (Å²) in [5, 5.41) is 3.41. The summed E-state index contributed by atoms with van der Waals surface area (Å²) in [5.41, 5.74) is 6.18. The third kappa shape index (κ3) is 5.91. The molecule has 0 bridgehead atoms. The number of urea groups is 1. The Kier molecular flexibility index (Phi) is 8.45. The minimum atomic E-state index is -1.15. The van der Waals surface area contributed by atoms with Gasteiger partial charge < -0.3 is 20.5 Å². The molecule has 2 heterocycles.